The first-order valence-electron chi connectivity index (χ1n) is 10.1. The molecule has 3 aromatic carbocycles. The van der Waals surface area contributed by atoms with E-state index in [4.69, 9.17) is 4.74 Å². The molecule has 0 unspecified atom stereocenters. The molecule has 0 aromatic heterocycles. The third kappa shape index (κ3) is 3.62. The molecule has 164 valence electrons. The Bertz CT molecular complexity index is 1330. The van der Waals surface area contributed by atoms with Gasteiger partial charge in [0.15, 0.2) is 0 Å². The van der Waals surface area contributed by atoms with Crippen molar-refractivity contribution in [3.63, 3.8) is 0 Å². The van der Waals surface area contributed by atoms with Gasteiger partial charge in [-0.2, -0.15) is 0 Å². The first-order chi connectivity index (χ1) is 15.2. The van der Waals surface area contributed by atoms with Gasteiger partial charge in [-0.05, 0) is 61.9 Å². The van der Waals surface area contributed by atoms with Gasteiger partial charge in [0.05, 0.1) is 22.8 Å². The van der Waals surface area contributed by atoms with E-state index in [-0.39, 0.29) is 17.4 Å². The number of fused-ring (bicyclic) bond motifs is 3. The fraction of sp³-hybridized carbons (Fsp3) is 0.167. The second-order valence-corrected chi connectivity index (χ2v) is 9.35. The van der Waals surface area contributed by atoms with Gasteiger partial charge in [-0.3, -0.25) is 9.10 Å². The zero-order valence-corrected chi connectivity index (χ0v) is 18.7. The molecule has 0 saturated heterocycles. The van der Waals surface area contributed by atoms with Crippen LogP contribution in [-0.4, -0.2) is 33.9 Å². The summed E-state index contributed by atoms with van der Waals surface area (Å²) in [5.41, 5.74) is 3.80. The van der Waals surface area contributed by atoms with Gasteiger partial charge in [0.2, 0.25) is 0 Å². The maximum Gasteiger partial charge on any atom is 0.338 e. The van der Waals surface area contributed by atoms with Gasteiger partial charge in [-0.15, -0.1) is 0 Å². The van der Waals surface area contributed by atoms with E-state index in [2.05, 4.69) is 5.32 Å². The lowest BCUT2D eigenvalue weighted by Gasteiger charge is -2.31. The van der Waals surface area contributed by atoms with Crippen LogP contribution in [0.4, 0.5) is 11.4 Å². The number of aryl methyl sites for hydroxylation is 1. The van der Waals surface area contributed by atoms with E-state index in [0.29, 0.717) is 39.2 Å². The van der Waals surface area contributed by atoms with E-state index >= 15 is 0 Å². The zero-order valence-electron chi connectivity index (χ0n) is 17.9. The minimum atomic E-state index is -3.66. The summed E-state index contributed by atoms with van der Waals surface area (Å²) in [5.74, 6) is -0.762. The van der Waals surface area contributed by atoms with Crippen LogP contribution in [0.25, 0.3) is 11.1 Å². The topological polar surface area (TPSA) is 92.8 Å². The molecule has 1 aliphatic heterocycles. The molecule has 0 fully saturated rings. The van der Waals surface area contributed by atoms with Gasteiger partial charge in [-0.1, -0.05) is 18.2 Å². The maximum absolute atomic E-state index is 13.0. The highest BCUT2D eigenvalue weighted by molar-refractivity contribution is 7.93. The van der Waals surface area contributed by atoms with Crippen LogP contribution in [0.3, 0.4) is 0 Å². The quantitative estimate of drug-likeness (QED) is 0.601. The number of hydrogen-bond donors (Lipinski definition) is 1. The van der Waals surface area contributed by atoms with E-state index in [1.165, 1.54) is 11.4 Å². The van der Waals surface area contributed by atoms with Gasteiger partial charge >= 0.3 is 5.97 Å². The second kappa shape index (κ2) is 8.12. The van der Waals surface area contributed by atoms with Gasteiger partial charge in [-0.25, -0.2) is 13.2 Å². The highest BCUT2D eigenvalue weighted by atomic mass is 32.2. The summed E-state index contributed by atoms with van der Waals surface area (Å²) in [7, 11) is -2.14. The summed E-state index contributed by atoms with van der Waals surface area (Å²) in [6.07, 6.45) is 0. The Morgan fingerprint density at radius 2 is 1.66 bits per heavy atom. The number of ether oxygens (including phenoxy) is 1. The van der Waals surface area contributed by atoms with Gasteiger partial charge < -0.3 is 10.1 Å². The van der Waals surface area contributed by atoms with E-state index in [9.17, 15) is 18.0 Å². The molecule has 1 aliphatic rings. The smallest absolute Gasteiger partial charge is 0.338 e. The summed E-state index contributed by atoms with van der Waals surface area (Å²) in [4.78, 5) is 25.0. The minimum absolute atomic E-state index is 0.210. The van der Waals surface area contributed by atoms with E-state index < -0.39 is 16.0 Å². The molecule has 0 atom stereocenters. The molecule has 8 heteroatoms. The number of amides is 1. The summed E-state index contributed by atoms with van der Waals surface area (Å²) in [6.45, 7) is 3.80. The molecule has 0 bridgehead atoms. The molecule has 3 aromatic rings. The summed E-state index contributed by atoms with van der Waals surface area (Å²) >= 11 is 0. The molecule has 1 N–H and O–H groups in total. The van der Waals surface area contributed by atoms with Gasteiger partial charge in [0.1, 0.15) is 0 Å². The fourth-order valence-corrected chi connectivity index (χ4v) is 5.31. The first-order valence-corrected chi connectivity index (χ1v) is 11.5. The van der Waals surface area contributed by atoms with Gasteiger partial charge in [0, 0.05) is 29.4 Å². The molecule has 1 heterocycles. The van der Waals surface area contributed by atoms with Crippen molar-refractivity contribution in [1.29, 1.82) is 0 Å². The molecule has 32 heavy (non-hydrogen) atoms. The molecule has 7 nitrogen and oxygen atoms in total. The zero-order chi connectivity index (χ0) is 23.0. The Morgan fingerprint density at radius 3 is 2.34 bits per heavy atom. The van der Waals surface area contributed by atoms with E-state index in [0.717, 1.165) is 0 Å². The van der Waals surface area contributed by atoms with Crippen LogP contribution < -0.4 is 9.62 Å². The summed E-state index contributed by atoms with van der Waals surface area (Å²) < 4.78 is 32.0. The molecule has 0 aliphatic carbocycles. The van der Waals surface area contributed by atoms with Crippen molar-refractivity contribution in [3.8, 4) is 11.1 Å². The Balaban J connectivity index is 1.68. The van der Waals surface area contributed by atoms with Crippen LogP contribution in [0.15, 0.2) is 65.6 Å². The lowest BCUT2D eigenvalue weighted by Crippen LogP contribution is -2.31. The summed E-state index contributed by atoms with van der Waals surface area (Å²) in [5, 5.41) is 2.82. The number of sulfonamides is 1. The predicted molar refractivity (Wildman–Crippen MR) is 123 cm³/mol. The third-order valence-corrected chi connectivity index (χ3v) is 7.16. The monoisotopic (exact) mass is 450 g/mol. The van der Waals surface area contributed by atoms with Crippen molar-refractivity contribution in [1.82, 2.24) is 0 Å². The Hall–Kier alpha value is -3.65. The number of benzene rings is 3. The van der Waals surface area contributed by atoms with E-state index in [1.54, 1.807) is 74.5 Å². The number of rotatable bonds is 4. The molecule has 0 radical (unpaired) electrons. The fourth-order valence-electron chi connectivity index (χ4n) is 3.82. The highest BCUT2D eigenvalue weighted by Gasteiger charge is 2.33. The number of carbonyl (C=O) groups excluding carboxylic acids is 2. The molecule has 0 saturated carbocycles. The standard InChI is InChI=1S/C24H22N2O5S/c1-4-31-24(28)16-9-11-18(12-10-16)25-23(27)17-13-15(2)22-20(14-17)19-7-5-6-8-21(19)32(29,30)26(22)3/h5-14H,4H2,1-3H3,(H,25,27). The van der Waals surface area contributed by atoms with Crippen molar-refractivity contribution in [2.24, 2.45) is 0 Å². The largest absolute Gasteiger partial charge is 0.462 e. The van der Waals surface area contributed by atoms with E-state index in [1.807, 2.05) is 0 Å². The molecule has 0 spiro atoms. The molecular weight excluding hydrogens is 428 g/mol. The number of anilines is 2. The maximum atomic E-state index is 13.0. The highest BCUT2D eigenvalue weighted by Crippen LogP contribution is 2.44. The summed E-state index contributed by atoms with van der Waals surface area (Å²) in [6, 6.07) is 16.6. The number of nitrogens with one attached hydrogen (secondary N) is 1. The normalized spacial score (nSPS) is 13.7. The third-order valence-electron chi connectivity index (χ3n) is 5.35. The average molecular weight is 451 g/mol. The van der Waals surface area contributed by atoms with Crippen molar-refractivity contribution in [2.75, 3.05) is 23.3 Å². The first kappa shape index (κ1) is 21.6. The minimum Gasteiger partial charge on any atom is -0.462 e. The van der Waals surface area contributed by atoms with Crippen LogP contribution in [0.5, 0.6) is 0 Å². The Morgan fingerprint density at radius 1 is 0.969 bits per heavy atom. The van der Waals surface area contributed by atoms with Crippen LogP contribution in [-0.2, 0) is 14.8 Å². The van der Waals surface area contributed by atoms with Crippen LogP contribution in [0.1, 0.15) is 33.2 Å². The molecule has 1 amide bonds. The van der Waals surface area contributed by atoms with Crippen LogP contribution in [0, 0.1) is 6.92 Å². The lowest BCUT2D eigenvalue weighted by molar-refractivity contribution is 0.0526. The van der Waals surface area contributed by atoms with Crippen molar-refractivity contribution in [3.05, 3.63) is 77.4 Å². The van der Waals surface area contributed by atoms with Gasteiger partial charge in [0.25, 0.3) is 15.9 Å². The van der Waals surface area contributed by atoms with Crippen molar-refractivity contribution >= 4 is 33.3 Å². The number of hydrogen-bond acceptors (Lipinski definition) is 5. The SMILES string of the molecule is CCOC(=O)c1ccc(NC(=O)c2cc(C)c3c(c2)-c2ccccc2S(=O)(=O)N3C)cc1. The lowest BCUT2D eigenvalue weighted by atomic mass is 9.96. The number of esters is 1. The Kier molecular flexibility index (Phi) is 5.48. The second-order valence-electron chi connectivity index (χ2n) is 7.41. The Labute approximate surface area is 186 Å². The van der Waals surface area contributed by atoms with Crippen molar-refractivity contribution in [2.45, 2.75) is 18.7 Å². The van der Waals surface area contributed by atoms with Crippen LogP contribution in [0.2, 0.25) is 0 Å². The number of nitrogens with zero attached hydrogens (tertiary/aromatic N) is 1. The molecule has 4 rings (SSSR count). The number of carbonyl (C=O) groups is 2. The molecular formula is C24H22N2O5S. The predicted octanol–water partition coefficient (Wildman–Crippen LogP) is 4.23. The average Bonchev–Trinajstić information content (AvgIpc) is 2.78. The van der Waals surface area contributed by atoms with Crippen molar-refractivity contribution < 1.29 is 22.7 Å². The van der Waals surface area contributed by atoms with Crippen LogP contribution >= 0.6 is 0 Å².